The standard InChI is InChI=1S/2C6H8.6C5H7N.4C4H6N2/c2*1-6-4-2-3-5-6;3*1-5-2-3-6-4-5;3*1-5-3-2-4-6-5;2*1-4-2-5-3-6-4;1-4-5-2-3-6-4;1-4-2-3-5-6-4/h2,4-5H,3H2,1H3;2-4H,5H2,1H3;3-4H,2H2,1H3;2,4H,3H2,1H3;2-3H,4H2,1H3;3-4H,2H2,1H3;2,4H,3H2,1H3;2-3H,4H2,1H3;3H,2H2,1H3;2*2H,3H2,1H3;3H,2H2,1H3. The fourth-order valence-corrected chi connectivity index (χ4v) is 5.30. The van der Waals surface area contributed by atoms with Gasteiger partial charge < -0.3 is 0 Å². The molecule has 0 bridgehead atoms. The fourth-order valence-electron chi connectivity index (χ4n) is 5.30. The smallest absolute Gasteiger partial charge is 0.129 e. The van der Waals surface area contributed by atoms with E-state index in [9.17, 15) is 0 Å². The summed E-state index contributed by atoms with van der Waals surface area (Å²) in [7, 11) is 0. The summed E-state index contributed by atoms with van der Waals surface area (Å²) in [5.41, 5.74) is 13.6. The van der Waals surface area contributed by atoms with Gasteiger partial charge >= 0.3 is 0 Å². The lowest BCUT2D eigenvalue weighted by Crippen LogP contribution is -1.87. The zero-order chi connectivity index (χ0) is 52.9. The third kappa shape index (κ3) is 40.6. The first-order valence-corrected chi connectivity index (χ1v) is 24.5. The van der Waals surface area contributed by atoms with E-state index in [1.807, 2.05) is 97.9 Å². The van der Waals surface area contributed by atoms with Gasteiger partial charge in [-0.2, -0.15) is 10.2 Å². The van der Waals surface area contributed by atoms with Crippen molar-refractivity contribution in [2.75, 3.05) is 39.4 Å². The monoisotopic (exact) mass is 975 g/mol. The molecule has 0 aromatic rings. The first kappa shape index (κ1) is 62.8. The summed E-state index contributed by atoms with van der Waals surface area (Å²) in [6, 6.07) is 0. The van der Waals surface area contributed by atoms with Gasteiger partial charge in [-0.3, -0.25) is 49.9 Å². The Hall–Kier alpha value is -7.22. The SMILES string of the molecule is CC1=CC=CC1.CC1=CC=NC1.CC1=CCC=C1.CC1=CCC=N1.CC1=CCN=C1.CC1=CN=CC1.CC1=NC=CC1.CC1=NC=NC1.CC1=NCC=C1.CC1=NCC=N1.CC1=NCN=C1.CC1=NN=CC1. The van der Waals surface area contributed by atoms with Crippen LogP contribution >= 0.6 is 0 Å². The minimum atomic E-state index is 0.645. The van der Waals surface area contributed by atoms with E-state index >= 15 is 0 Å². The second kappa shape index (κ2) is 42.6. The normalized spacial score (nSPS) is 18.5. The van der Waals surface area contributed by atoms with E-state index < -0.39 is 0 Å². The summed E-state index contributed by atoms with van der Waals surface area (Å²) in [5.74, 6) is 0.898. The Bertz CT molecular complexity index is 1960. The molecule has 0 N–H and O–H groups in total. The Balaban J connectivity index is 0.000000393. The van der Waals surface area contributed by atoms with E-state index in [2.05, 4.69) is 165 Å². The van der Waals surface area contributed by atoms with Crippen LogP contribution < -0.4 is 0 Å². The van der Waals surface area contributed by atoms with Crippen LogP contribution in [0.4, 0.5) is 0 Å². The molecule has 0 atom stereocenters. The summed E-state index contributed by atoms with van der Waals surface area (Å²) in [6.45, 7) is 29.2. The van der Waals surface area contributed by atoms with Crippen molar-refractivity contribution < 1.29 is 0 Å². The number of aliphatic imine (C=N–C) groups is 12. The van der Waals surface area contributed by atoms with Crippen LogP contribution in [-0.2, 0) is 0 Å². The number of allylic oxidation sites excluding steroid dienone is 15. The van der Waals surface area contributed by atoms with Gasteiger partial charge in [0.25, 0.3) is 0 Å². The zero-order valence-corrected chi connectivity index (χ0v) is 45.4. The van der Waals surface area contributed by atoms with Crippen LogP contribution in [0.2, 0.25) is 0 Å². The lowest BCUT2D eigenvalue weighted by atomic mass is 10.3. The molecule has 10 heterocycles. The van der Waals surface area contributed by atoms with Crippen LogP contribution in [0.25, 0.3) is 0 Å². The van der Waals surface area contributed by atoms with Crippen molar-refractivity contribution in [2.45, 2.75) is 122 Å². The van der Waals surface area contributed by atoms with Gasteiger partial charge in [-0.15, -0.1) is 0 Å². The highest BCUT2D eigenvalue weighted by molar-refractivity contribution is 6.30. The molecule has 0 saturated heterocycles. The van der Waals surface area contributed by atoms with E-state index in [4.69, 9.17) is 0 Å². The van der Waals surface area contributed by atoms with Crippen molar-refractivity contribution in [3.63, 3.8) is 0 Å². The third-order valence-electron chi connectivity index (χ3n) is 9.51. The number of rotatable bonds is 0. The quantitative estimate of drug-likeness (QED) is 0.225. The average molecular weight is 975 g/mol. The van der Waals surface area contributed by atoms with Gasteiger partial charge in [0.05, 0.1) is 38.4 Å². The zero-order valence-electron chi connectivity index (χ0n) is 45.4. The molecule has 0 aromatic heterocycles. The molecule has 0 radical (unpaired) electrons. The average Bonchev–Trinajstić information content (AvgIpc) is 4.18. The van der Waals surface area contributed by atoms with Crippen molar-refractivity contribution in [2.24, 2.45) is 70.1 Å². The van der Waals surface area contributed by atoms with Crippen molar-refractivity contribution in [3.05, 3.63) is 119 Å². The Labute approximate surface area is 432 Å². The van der Waals surface area contributed by atoms with E-state index in [0.29, 0.717) is 6.67 Å². The molecule has 0 amide bonds. The summed E-state index contributed by atoms with van der Waals surface area (Å²) in [5, 5.41) is 7.35. The summed E-state index contributed by atoms with van der Waals surface area (Å²) in [4.78, 5) is 47.0. The van der Waals surface area contributed by atoms with Crippen LogP contribution in [0.1, 0.15) is 122 Å². The van der Waals surface area contributed by atoms with Gasteiger partial charge in [-0.1, -0.05) is 77.5 Å². The van der Waals surface area contributed by atoms with Crippen molar-refractivity contribution in [3.8, 4) is 0 Å². The van der Waals surface area contributed by atoms with Crippen molar-refractivity contribution in [1.29, 1.82) is 0 Å². The van der Waals surface area contributed by atoms with Gasteiger partial charge in [-0.25, -0.2) is 9.98 Å². The molecule has 384 valence electrons. The topological polar surface area (TPSA) is 173 Å². The molecule has 12 rings (SSSR count). The summed E-state index contributed by atoms with van der Waals surface area (Å²) >= 11 is 0. The molecule has 10 aliphatic heterocycles. The highest BCUT2D eigenvalue weighted by Gasteiger charge is 1.93. The van der Waals surface area contributed by atoms with Gasteiger partial charge in [0.15, 0.2) is 0 Å². The molecular formula is C58H82N14. The molecule has 0 unspecified atom stereocenters. The van der Waals surface area contributed by atoms with E-state index in [1.54, 1.807) is 25.0 Å². The Morgan fingerprint density at radius 2 is 1.32 bits per heavy atom. The van der Waals surface area contributed by atoms with Crippen molar-refractivity contribution in [1.82, 2.24) is 0 Å². The third-order valence-corrected chi connectivity index (χ3v) is 9.51. The number of amidine groups is 1. The Kier molecular flexibility index (Phi) is 37.2. The van der Waals surface area contributed by atoms with Gasteiger partial charge in [-0.05, 0) is 119 Å². The first-order chi connectivity index (χ1) is 34.7. The summed E-state index contributed by atoms with van der Waals surface area (Å²) < 4.78 is 0. The second-order valence-corrected chi connectivity index (χ2v) is 17.0. The maximum absolute atomic E-state index is 4.04. The number of hydrogen-bond acceptors (Lipinski definition) is 14. The molecular weight excluding hydrogens is 893 g/mol. The van der Waals surface area contributed by atoms with Gasteiger partial charge in [0, 0.05) is 110 Å². The van der Waals surface area contributed by atoms with Crippen molar-refractivity contribution >= 4 is 84.2 Å². The van der Waals surface area contributed by atoms with E-state index in [-0.39, 0.29) is 0 Å². The predicted octanol–water partition coefficient (Wildman–Crippen LogP) is 13.2. The second-order valence-electron chi connectivity index (χ2n) is 17.0. The lowest BCUT2D eigenvalue weighted by molar-refractivity contribution is 1.10. The Morgan fingerprint density at radius 1 is 0.486 bits per heavy atom. The maximum atomic E-state index is 4.04. The molecule has 0 aromatic carbocycles. The highest BCUT2D eigenvalue weighted by atomic mass is 15.2. The molecule has 0 spiro atoms. The number of nitrogens with zero attached hydrogens (tertiary/aromatic N) is 14. The van der Waals surface area contributed by atoms with Crippen LogP contribution in [0.15, 0.2) is 189 Å². The molecule has 14 nitrogen and oxygen atoms in total. The van der Waals surface area contributed by atoms with Crippen LogP contribution in [0.3, 0.4) is 0 Å². The fraction of sp³-hybridized carbons (Fsp3) is 0.414. The summed E-state index contributed by atoms with van der Waals surface area (Å²) in [6.07, 6.45) is 49.9. The molecule has 2 aliphatic carbocycles. The Morgan fingerprint density at radius 3 is 1.49 bits per heavy atom. The van der Waals surface area contributed by atoms with Gasteiger partial charge in [0.2, 0.25) is 0 Å². The maximum Gasteiger partial charge on any atom is 0.129 e. The van der Waals surface area contributed by atoms with E-state index in [1.165, 1.54) is 40.0 Å². The molecule has 0 saturated carbocycles. The molecule has 12 aliphatic rings. The number of hydrogen-bond donors (Lipinski definition) is 0. The predicted molar refractivity (Wildman–Crippen MR) is 323 cm³/mol. The minimum Gasteiger partial charge on any atom is -0.289 e. The highest BCUT2D eigenvalue weighted by Crippen LogP contribution is 2.07. The first-order valence-electron chi connectivity index (χ1n) is 24.5. The van der Waals surface area contributed by atoms with Crippen LogP contribution in [0, 0.1) is 0 Å². The largest absolute Gasteiger partial charge is 0.289 e. The minimum absolute atomic E-state index is 0.645. The van der Waals surface area contributed by atoms with E-state index in [0.717, 1.165) is 99.2 Å². The molecule has 0 fully saturated rings. The van der Waals surface area contributed by atoms with Crippen LogP contribution in [0.5, 0.6) is 0 Å². The molecule has 14 heteroatoms. The van der Waals surface area contributed by atoms with Crippen LogP contribution in [-0.4, -0.2) is 124 Å². The molecule has 72 heavy (non-hydrogen) atoms. The lowest BCUT2D eigenvalue weighted by Gasteiger charge is -1.78. The van der Waals surface area contributed by atoms with Gasteiger partial charge in [0.1, 0.15) is 18.8 Å².